The summed E-state index contributed by atoms with van der Waals surface area (Å²) in [6, 6.07) is 8.21. The molecule has 0 aliphatic carbocycles. The Hall–Kier alpha value is -1.85. The van der Waals surface area contributed by atoms with E-state index in [9.17, 15) is 4.79 Å². The molecule has 0 fully saturated rings. The third-order valence-electron chi connectivity index (χ3n) is 4.23. The molecular formula is C18H15BrN2OS. The monoisotopic (exact) mass is 386 g/mol. The van der Waals surface area contributed by atoms with Gasteiger partial charge in [-0.25, -0.2) is 0 Å². The van der Waals surface area contributed by atoms with E-state index in [1.807, 2.05) is 39.9 Å². The number of rotatable bonds is 2. The number of benzene rings is 1. The third kappa shape index (κ3) is 2.75. The van der Waals surface area contributed by atoms with Gasteiger partial charge in [0.25, 0.3) is 0 Å². The summed E-state index contributed by atoms with van der Waals surface area (Å²) in [7, 11) is 0. The number of carbonyl (C=O) groups excluding carboxylic acids is 1. The van der Waals surface area contributed by atoms with Crippen LogP contribution in [0.2, 0.25) is 0 Å². The molecule has 23 heavy (non-hydrogen) atoms. The lowest BCUT2D eigenvalue weighted by atomic mass is 10.0. The molecule has 3 heterocycles. The molecule has 1 N–H and O–H groups in total. The van der Waals surface area contributed by atoms with Crippen molar-refractivity contribution in [3.63, 3.8) is 0 Å². The number of halogens is 1. The van der Waals surface area contributed by atoms with E-state index in [2.05, 4.69) is 27.0 Å². The number of carbonyl (C=O) groups is 1. The number of hydrogen-bond acceptors (Lipinski definition) is 2. The Labute approximate surface area is 146 Å². The SMILES string of the molecule is O=C(/C=C/c1ccsc1)N1CCc2[nH]c3c(Br)cccc3c2C1. The maximum atomic E-state index is 12.5. The molecule has 0 unspecified atom stereocenters. The molecule has 0 bridgehead atoms. The number of H-pyrrole nitrogens is 1. The van der Waals surface area contributed by atoms with Crippen LogP contribution < -0.4 is 0 Å². The zero-order valence-electron chi connectivity index (χ0n) is 12.4. The Kier molecular flexibility index (Phi) is 3.83. The molecule has 0 atom stereocenters. The Morgan fingerprint density at radius 3 is 3.09 bits per heavy atom. The van der Waals surface area contributed by atoms with Crippen LogP contribution in [0.5, 0.6) is 0 Å². The summed E-state index contributed by atoms with van der Waals surface area (Å²) >= 11 is 5.23. The summed E-state index contributed by atoms with van der Waals surface area (Å²) in [6.07, 6.45) is 4.44. The normalized spacial score (nSPS) is 14.6. The maximum Gasteiger partial charge on any atom is 0.246 e. The summed E-state index contributed by atoms with van der Waals surface area (Å²) < 4.78 is 1.07. The molecule has 3 nitrogen and oxygen atoms in total. The molecule has 1 amide bonds. The van der Waals surface area contributed by atoms with Crippen molar-refractivity contribution in [1.82, 2.24) is 9.88 Å². The lowest BCUT2D eigenvalue weighted by Gasteiger charge is -2.26. The van der Waals surface area contributed by atoms with Gasteiger partial charge in [0.15, 0.2) is 0 Å². The highest BCUT2D eigenvalue weighted by Gasteiger charge is 2.23. The second-order valence-corrected chi connectivity index (χ2v) is 7.28. The zero-order chi connectivity index (χ0) is 15.8. The van der Waals surface area contributed by atoms with Crippen molar-refractivity contribution in [1.29, 1.82) is 0 Å². The van der Waals surface area contributed by atoms with Crippen LogP contribution in [0.15, 0.2) is 45.6 Å². The van der Waals surface area contributed by atoms with Crippen molar-refractivity contribution in [3.8, 4) is 0 Å². The fourth-order valence-electron chi connectivity index (χ4n) is 3.03. The second-order valence-electron chi connectivity index (χ2n) is 5.64. The Morgan fingerprint density at radius 1 is 1.35 bits per heavy atom. The van der Waals surface area contributed by atoms with Crippen molar-refractivity contribution < 1.29 is 4.79 Å². The highest BCUT2D eigenvalue weighted by molar-refractivity contribution is 9.10. The van der Waals surface area contributed by atoms with Gasteiger partial charge < -0.3 is 9.88 Å². The number of para-hydroxylation sites is 1. The van der Waals surface area contributed by atoms with Gasteiger partial charge in [0.1, 0.15) is 0 Å². The van der Waals surface area contributed by atoms with E-state index in [0.29, 0.717) is 6.54 Å². The first kappa shape index (κ1) is 14.7. The molecule has 4 rings (SSSR count). The predicted molar refractivity (Wildman–Crippen MR) is 98.5 cm³/mol. The van der Waals surface area contributed by atoms with Crippen LogP contribution in [0, 0.1) is 0 Å². The van der Waals surface area contributed by atoms with Crippen LogP contribution in [0.1, 0.15) is 16.8 Å². The van der Waals surface area contributed by atoms with Gasteiger partial charge in [-0.3, -0.25) is 4.79 Å². The molecule has 2 aromatic heterocycles. The van der Waals surface area contributed by atoms with Crippen LogP contribution in [-0.2, 0) is 17.8 Å². The summed E-state index contributed by atoms with van der Waals surface area (Å²) in [6.45, 7) is 1.42. The zero-order valence-corrected chi connectivity index (χ0v) is 14.8. The lowest BCUT2D eigenvalue weighted by Crippen LogP contribution is -2.34. The number of amides is 1. The molecule has 5 heteroatoms. The van der Waals surface area contributed by atoms with Crippen molar-refractivity contribution in [2.24, 2.45) is 0 Å². The Morgan fingerprint density at radius 2 is 2.26 bits per heavy atom. The molecule has 1 aromatic carbocycles. The molecule has 3 aromatic rings. The van der Waals surface area contributed by atoms with Gasteiger partial charge in [-0.15, -0.1) is 0 Å². The van der Waals surface area contributed by atoms with Gasteiger partial charge in [-0.05, 0) is 50.5 Å². The summed E-state index contributed by atoms with van der Waals surface area (Å²) in [5.41, 5.74) is 4.69. The van der Waals surface area contributed by atoms with E-state index in [4.69, 9.17) is 0 Å². The van der Waals surface area contributed by atoms with Gasteiger partial charge in [0.2, 0.25) is 5.91 Å². The first-order valence-electron chi connectivity index (χ1n) is 7.49. The summed E-state index contributed by atoms with van der Waals surface area (Å²) in [5, 5.41) is 5.25. The molecule has 0 radical (unpaired) electrons. The molecule has 0 saturated heterocycles. The molecule has 0 spiro atoms. The Balaban J connectivity index is 1.60. The number of thiophene rings is 1. The maximum absolute atomic E-state index is 12.5. The standard InChI is InChI=1S/C18H15BrN2OS/c19-15-3-1-2-13-14-10-21(8-6-16(14)20-18(13)15)17(22)5-4-12-7-9-23-11-12/h1-5,7,9,11,20H,6,8,10H2/b5-4+. The minimum atomic E-state index is 0.0752. The molecule has 0 saturated carbocycles. The lowest BCUT2D eigenvalue weighted by molar-refractivity contribution is -0.126. The highest BCUT2D eigenvalue weighted by Crippen LogP contribution is 2.31. The van der Waals surface area contributed by atoms with Crippen LogP contribution in [0.25, 0.3) is 17.0 Å². The summed E-state index contributed by atoms with van der Waals surface area (Å²) in [4.78, 5) is 17.9. The fourth-order valence-corrected chi connectivity index (χ4v) is 4.13. The summed E-state index contributed by atoms with van der Waals surface area (Å²) in [5.74, 6) is 0.0752. The van der Waals surface area contributed by atoms with E-state index in [1.165, 1.54) is 16.6 Å². The van der Waals surface area contributed by atoms with Crippen LogP contribution >= 0.6 is 27.3 Å². The van der Waals surface area contributed by atoms with Crippen molar-refractivity contribution >= 4 is 50.2 Å². The third-order valence-corrected chi connectivity index (χ3v) is 5.60. The van der Waals surface area contributed by atoms with E-state index < -0.39 is 0 Å². The average molecular weight is 387 g/mol. The van der Waals surface area contributed by atoms with Crippen molar-refractivity contribution in [2.45, 2.75) is 13.0 Å². The van der Waals surface area contributed by atoms with Crippen LogP contribution in [-0.4, -0.2) is 22.3 Å². The topological polar surface area (TPSA) is 36.1 Å². The number of aromatic nitrogens is 1. The minimum Gasteiger partial charge on any atom is -0.357 e. The number of hydrogen-bond donors (Lipinski definition) is 1. The first-order valence-corrected chi connectivity index (χ1v) is 9.23. The highest BCUT2D eigenvalue weighted by atomic mass is 79.9. The van der Waals surface area contributed by atoms with Gasteiger partial charge in [0, 0.05) is 46.7 Å². The Bertz CT molecular complexity index is 895. The van der Waals surface area contributed by atoms with E-state index in [0.717, 1.165) is 28.5 Å². The van der Waals surface area contributed by atoms with Crippen molar-refractivity contribution in [3.05, 3.63) is 62.4 Å². The molecule has 1 aliphatic heterocycles. The first-order chi connectivity index (χ1) is 11.2. The number of nitrogens with one attached hydrogen (secondary N) is 1. The largest absolute Gasteiger partial charge is 0.357 e. The van der Waals surface area contributed by atoms with Gasteiger partial charge >= 0.3 is 0 Å². The van der Waals surface area contributed by atoms with Gasteiger partial charge in [-0.1, -0.05) is 12.1 Å². The van der Waals surface area contributed by atoms with Gasteiger partial charge in [0.05, 0.1) is 5.52 Å². The van der Waals surface area contributed by atoms with E-state index in [1.54, 1.807) is 17.4 Å². The van der Waals surface area contributed by atoms with Crippen molar-refractivity contribution in [2.75, 3.05) is 6.54 Å². The van der Waals surface area contributed by atoms with E-state index >= 15 is 0 Å². The number of nitrogens with zero attached hydrogens (tertiary/aromatic N) is 1. The number of aromatic amines is 1. The predicted octanol–water partition coefficient (Wildman–Crippen LogP) is 4.59. The molecule has 116 valence electrons. The average Bonchev–Trinajstić information content (AvgIpc) is 3.20. The number of fused-ring (bicyclic) bond motifs is 3. The quantitative estimate of drug-likeness (QED) is 0.642. The smallest absolute Gasteiger partial charge is 0.246 e. The second kappa shape index (κ2) is 5.98. The van der Waals surface area contributed by atoms with Crippen LogP contribution in [0.3, 0.4) is 0 Å². The van der Waals surface area contributed by atoms with E-state index in [-0.39, 0.29) is 5.91 Å². The minimum absolute atomic E-state index is 0.0752. The van der Waals surface area contributed by atoms with Crippen LogP contribution in [0.4, 0.5) is 0 Å². The molecule has 1 aliphatic rings. The fraction of sp³-hybridized carbons (Fsp3) is 0.167. The molecular weight excluding hydrogens is 372 g/mol. The van der Waals surface area contributed by atoms with Gasteiger partial charge in [-0.2, -0.15) is 11.3 Å².